The molecule has 0 aliphatic carbocycles. The number of hydrogen-bond acceptors (Lipinski definition) is 4. The van der Waals surface area contributed by atoms with E-state index in [4.69, 9.17) is 5.11 Å². The van der Waals surface area contributed by atoms with E-state index in [9.17, 15) is 14.9 Å². The highest BCUT2D eigenvalue weighted by Gasteiger charge is 2.05. The average Bonchev–Trinajstić information content (AvgIpc) is 2.04. The number of hydrogen-bond donors (Lipinski definition) is 1. The Morgan fingerprint density at radius 1 is 1.36 bits per heavy atom. The van der Waals surface area contributed by atoms with E-state index >= 15 is 0 Å². The van der Waals surface area contributed by atoms with Gasteiger partial charge >= 0.3 is 6.16 Å². The second-order valence-corrected chi connectivity index (χ2v) is 2.12. The molecule has 0 unspecified atom stereocenters. The van der Waals surface area contributed by atoms with Gasteiger partial charge in [-0.05, 0) is 12.1 Å². The van der Waals surface area contributed by atoms with Crippen molar-refractivity contribution in [3.05, 3.63) is 34.4 Å². The molecule has 1 aromatic rings. The summed E-state index contributed by atoms with van der Waals surface area (Å²) in [6.45, 7) is 0. The standard InChI is InChI=1S/C7H5NO5.BrH/c9-7(10)13-6-3-1-5(2-4-6)8(11)12;/h1-4H,(H,9,10);1H. The quantitative estimate of drug-likeness (QED) is 0.383. The number of benzene rings is 1. The van der Waals surface area contributed by atoms with Gasteiger partial charge in [0.05, 0.1) is 4.92 Å². The van der Waals surface area contributed by atoms with Crippen LogP contribution in [0.5, 0.6) is 5.75 Å². The van der Waals surface area contributed by atoms with Crippen molar-refractivity contribution < 1.29 is 19.6 Å². The Hall–Kier alpha value is -1.63. The molecule has 7 heteroatoms. The number of carbonyl (C=O) groups is 1. The predicted octanol–water partition coefficient (Wildman–Crippen LogP) is 2.23. The molecule has 14 heavy (non-hydrogen) atoms. The van der Waals surface area contributed by atoms with Crippen LogP contribution in [0.4, 0.5) is 10.5 Å². The monoisotopic (exact) mass is 263 g/mol. The van der Waals surface area contributed by atoms with Crippen LogP contribution in [0.3, 0.4) is 0 Å². The van der Waals surface area contributed by atoms with Gasteiger partial charge in [-0.1, -0.05) is 0 Å². The zero-order valence-electron chi connectivity index (χ0n) is 6.75. The molecule has 0 radical (unpaired) electrons. The molecule has 1 aromatic carbocycles. The van der Waals surface area contributed by atoms with E-state index in [0.717, 1.165) is 12.1 Å². The van der Waals surface area contributed by atoms with E-state index in [1.165, 1.54) is 12.1 Å². The van der Waals surface area contributed by atoms with Crippen molar-refractivity contribution >= 4 is 28.8 Å². The van der Waals surface area contributed by atoms with Crippen LogP contribution in [0.25, 0.3) is 0 Å². The van der Waals surface area contributed by atoms with Crippen LogP contribution in [-0.2, 0) is 0 Å². The smallest absolute Gasteiger partial charge is 0.449 e. The zero-order chi connectivity index (χ0) is 9.84. The van der Waals surface area contributed by atoms with Crippen molar-refractivity contribution in [1.29, 1.82) is 0 Å². The molecule has 0 amide bonds. The summed E-state index contributed by atoms with van der Waals surface area (Å²) in [6, 6.07) is 4.76. The van der Waals surface area contributed by atoms with Gasteiger partial charge < -0.3 is 9.84 Å². The van der Waals surface area contributed by atoms with Crippen molar-refractivity contribution in [2.24, 2.45) is 0 Å². The summed E-state index contributed by atoms with van der Waals surface area (Å²) in [5.74, 6) is 0.0538. The van der Waals surface area contributed by atoms with Crippen LogP contribution >= 0.6 is 17.0 Å². The van der Waals surface area contributed by atoms with Crippen molar-refractivity contribution in [2.75, 3.05) is 0 Å². The lowest BCUT2D eigenvalue weighted by atomic mass is 10.3. The second-order valence-electron chi connectivity index (χ2n) is 2.12. The van der Waals surface area contributed by atoms with E-state index in [1.54, 1.807) is 0 Å². The molecule has 0 atom stereocenters. The highest BCUT2D eigenvalue weighted by molar-refractivity contribution is 8.93. The number of nitrogens with zero attached hydrogens (tertiary/aromatic N) is 1. The van der Waals surface area contributed by atoms with E-state index in [2.05, 4.69) is 4.74 Å². The molecule has 0 aromatic heterocycles. The summed E-state index contributed by atoms with van der Waals surface area (Å²) in [5.41, 5.74) is -0.113. The van der Waals surface area contributed by atoms with E-state index < -0.39 is 11.1 Å². The molecular weight excluding hydrogens is 258 g/mol. The van der Waals surface area contributed by atoms with Gasteiger partial charge in [-0.25, -0.2) is 4.79 Å². The number of non-ortho nitro benzene ring substituents is 1. The van der Waals surface area contributed by atoms with Gasteiger partial charge in [0, 0.05) is 12.1 Å². The predicted molar refractivity (Wildman–Crippen MR) is 52.1 cm³/mol. The van der Waals surface area contributed by atoms with Crippen LogP contribution in [0.2, 0.25) is 0 Å². The minimum Gasteiger partial charge on any atom is -0.449 e. The number of ether oxygens (including phenoxy) is 1. The van der Waals surface area contributed by atoms with Crippen LogP contribution in [0, 0.1) is 10.1 Å². The molecule has 1 N–H and O–H groups in total. The summed E-state index contributed by atoms with van der Waals surface area (Å²) in [6.07, 6.45) is -1.45. The first kappa shape index (κ1) is 12.4. The Bertz CT molecular complexity index is 336. The fraction of sp³-hybridized carbons (Fsp3) is 0. The Labute approximate surface area is 89.0 Å². The lowest BCUT2D eigenvalue weighted by Gasteiger charge is -1.97. The largest absolute Gasteiger partial charge is 0.511 e. The molecule has 0 saturated heterocycles. The molecule has 0 aliphatic heterocycles. The van der Waals surface area contributed by atoms with Crippen LogP contribution in [0.15, 0.2) is 24.3 Å². The lowest BCUT2D eigenvalue weighted by molar-refractivity contribution is -0.384. The fourth-order valence-electron chi connectivity index (χ4n) is 0.737. The Balaban J connectivity index is 0.00000169. The van der Waals surface area contributed by atoms with Crippen molar-refractivity contribution in [3.8, 4) is 5.75 Å². The fourth-order valence-corrected chi connectivity index (χ4v) is 0.737. The normalized spacial score (nSPS) is 8.57. The maximum atomic E-state index is 10.2. The molecule has 0 spiro atoms. The molecular formula is C7H6BrNO5. The van der Waals surface area contributed by atoms with Crippen molar-refractivity contribution in [1.82, 2.24) is 0 Å². The average molecular weight is 264 g/mol. The summed E-state index contributed by atoms with van der Waals surface area (Å²) in [5, 5.41) is 18.4. The van der Waals surface area contributed by atoms with Gasteiger partial charge in [-0.3, -0.25) is 10.1 Å². The number of halogens is 1. The Kier molecular flexibility index (Phi) is 4.57. The first-order valence-electron chi connectivity index (χ1n) is 3.25. The third kappa shape index (κ3) is 3.40. The molecule has 0 bridgehead atoms. The van der Waals surface area contributed by atoms with Crippen LogP contribution < -0.4 is 4.74 Å². The summed E-state index contributed by atoms with van der Waals surface area (Å²) in [4.78, 5) is 19.6. The van der Waals surface area contributed by atoms with E-state index in [0.29, 0.717) is 0 Å². The highest BCUT2D eigenvalue weighted by Crippen LogP contribution is 2.17. The minimum absolute atomic E-state index is 0. The molecule has 0 fully saturated rings. The Morgan fingerprint density at radius 3 is 2.21 bits per heavy atom. The van der Waals surface area contributed by atoms with Gasteiger partial charge in [-0.15, -0.1) is 17.0 Å². The number of carboxylic acid groups (broad SMARTS) is 1. The van der Waals surface area contributed by atoms with E-state index in [-0.39, 0.29) is 28.4 Å². The molecule has 76 valence electrons. The number of rotatable bonds is 2. The third-order valence-corrected chi connectivity index (χ3v) is 1.25. The maximum absolute atomic E-state index is 10.2. The van der Waals surface area contributed by atoms with Gasteiger partial charge in [0.15, 0.2) is 0 Å². The first-order valence-corrected chi connectivity index (χ1v) is 3.25. The summed E-state index contributed by atoms with van der Waals surface area (Å²) >= 11 is 0. The highest BCUT2D eigenvalue weighted by atomic mass is 79.9. The topological polar surface area (TPSA) is 89.7 Å². The minimum atomic E-state index is -1.45. The SMILES string of the molecule is Br.O=C(O)Oc1ccc([N+](=O)[O-])cc1. The second kappa shape index (κ2) is 5.18. The van der Waals surface area contributed by atoms with Crippen molar-refractivity contribution in [3.63, 3.8) is 0 Å². The molecule has 0 aliphatic rings. The van der Waals surface area contributed by atoms with Gasteiger partial charge in [0.25, 0.3) is 5.69 Å². The number of nitro benzene ring substituents is 1. The van der Waals surface area contributed by atoms with E-state index in [1.807, 2.05) is 0 Å². The first-order chi connectivity index (χ1) is 6.09. The van der Waals surface area contributed by atoms with Gasteiger partial charge in [-0.2, -0.15) is 0 Å². The lowest BCUT2D eigenvalue weighted by Crippen LogP contribution is -2.02. The maximum Gasteiger partial charge on any atom is 0.511 e. The third-order valence-electron chi connectivity index (χ3n) is 1.25. The molecule has 0 saturated carbocycles. The summed E-state index contributed by atoms with van der Waals surface area (Å²) < 4.78 is 4.24. The van der Waals surface area contributed by atoms with Gasteiger partial charge in [0.2, 0.25) is 0 Å². The molecule has 6 nitrogen and oxygen atoms in total. The van der Waals surface area contributed by atoms with Crippen LogP contribution in [0.1, 0.15) is 0 Å². The molecule has 1 rings (SSSR count). The summed E-state index contributed by atoms with van der Waals surface area (Å²) in [7, 11) is 0. The van der Waals surface area contributed by atoms with Gasteiger partial charge in [0.1, 0.15) is 5.75 Å². The zero-order valence-corrected chi connectivity index (χ0v) is 8.46. The molecule has 0 heterocycles. The van der Waals surface area contributed by atoms with Crippen molar-refractivity contribution in [2.45, 2.75) is 0 Å². The number of nitro groups is 1. The van der Waals surface area contributed by atoms with Crippen LogP contribution in [-0.4, -0.2) is 16.2 Å². The Morgan fingerprint density at radius 2 is 1.86 bits per heavy atom.